The van der Waals surface area contributed by atoms with Crippen LogP contribution in [0.5, 0.6) is 12.0 Å². The standard InChI is InChI=1S/C13H13N3O4S/c1-18-10(17)8-4-6-9(7-5-8)21-13-15-11(19-2)14-12(16-13)20-3/h4-7H,1-3H3. The third-order valence-electron chi connectivity index (χ3n) is 2.42. The number of carbonyl (C=O) groups is 1. The molecule has 1 aromatic carbocycles. The van der Waals surface area contributed by atoms with E-state index < -0.39 is 0 Å². The van der Waals surface area contributed by atoms with Gasteiger partial charge in [0.2, 0.25) is 5.16 Å². The Morgan fingerprint density at radius 1 is 0.952 bits per heavy atom. The van der Waals surface area contributed by atoms with Gasteiger partial charge in [0, 0.05) is 4.90 Å². The summed E-state index contributed by atoms with van der Waals surface area (Å²) in [6, 6.07) is 7.25. The SMILES string of the molecule is COC(=O)c1ccc(Sc2nc(OC)nc(OC)n2)cc1. The first-order chi connectivity index (χ1) is 10.2. The van der Waals surface area contributed by atoms with Crippen molar-refractivity contribution in [3.05, 3.63) is 29.8 Å². The average Bonchev–Trinajstić information content (AvgIpc) is 2.54. The second kappa shape index (κ2) is 6.89. The van der Waals surface area contributed by atoms with Crippen LogP contribution < -0.4 is 9.47 Å². The Hall–Kier alpha value is -2.35. The smallest absolute Gasteiger partial charge is 0.337 e. The summed E-state index contributed by atoms with van der Waals surface area (Å²) < 4.78 is 14.6. The zero-order chi connectivity index (χ0) is 15.2. The minimum atomic E-state index is -0.380. The van der Waals surface area contributed by atoms with Gasteiger partial charge in [-0.1, -0.05) is 0 Å². The topological polar surface area (TPSA) is 83.4 Å². The lowest BCUT2D eigenvalue weighted by molar-refractivity contribution is 0.0600. The second-order valence-electron chi connectivity index (χ2n) is 3.71. The molecule has 0 amide bonds. The summed E-state index contributed by atoms with van der Waals surface area (Å²) in [5, 5.41) is 0.435. The lowest BCUT2D eigenvalue weighted by Crippen LogP contribution is -2.01. The van der Waals surface area contributed by atoms with E-state index in [4.69, 9.17) is 9.47 Å². The summed E-state index contributed by atoms with van der Waals surface area (Å²) >= 11 is 1.30. The third kappa shape index (κ3) is 3.82. The van der Waals surface area contributed by atoms with Crippen LogP contribution in [0, 0.1) is 0 Å². The van der Waals surface area contributed by atoms with Crippen molar-refractivity contribution in [3.63, 3.8) is 0 Å². The van der Waals surface area contributed by atoms with Gasteiger partial charge in [-0.2, -0.15) is 9.97 Å². The van der Waals surface area contributed by atoms with Gasteiger partial charge in [0.25, 0.3) is 0 Å². The molecule has 0 fully saturated rings. The molecule has 0 aliphatic carbocycles. The zero-order valence-electron chi connectivity index (χ0n) is 11.7. The van der Waals surface area contributed by atoms with E-state index in [0.717, 1.165) is 4.90 Å². The molecule has 0 saturated carbocycles. The Kier molecular flexibility index (Phi) is 4.94. The molecule has 110 valence electrons. The van der Waals surface area contributed by atoms with Crippen molar-refractivity contribution in [2.75, 3.05) is 21.3 Å². The zero-order valence-corrected chi connectivity index (χ0v) is 12.5. The quantitative estimate of drug-likeness (QED) is 0.774. The van der Waals surface area contributed by atoms with Gasteiger partial charge >= 0.3 is 18.0 Å². The van der Waals surface area contributed by atoms with E-state index in [1.165, 1.54) is 33.1 Å². The molecule has 0 saturated heterocycles. The van der Waals surface area contributed by atoms with Crippen LogP contribution in [0.3, 0.4) is 0 Å². The molecule has 8 heteroatoms. The van der Waals surface area contributed by atoms with Crippen LogP contribution in [0.15, 0.2) is 34.3 Å². The Morgan fingerprint density at radius 2 is 1.52 bits per heavy atom. The highest BCUT2D eigenvalue weighted by Gasteiger charge is 2.10. The highest BCUT2D eigenvalue weighted by Crippen LogP contribution is 2.27. The minimum Gasteiger partial charge on any atom is -0.467 e. The maximum Gasteiger partial charge on any atom is 0.337 e. The fourth-order valence-electron chi connectivity index (χ4n) is 1.43. The molecular weight excluding hydrogens is 294 g/mol. The molecule has 21 heavy (non-hydrogen) atoms. The number of rotatable bonds is 5. The van der Waals surface area contributed by atoms with Crippen LogP contribution >= 0.6 is 11.8 Å². The fourth-order valence-corrected chi connectivity index (χ4v) is 2.16. The van der Waals surface area contributed by atoms with Crippen molar-refractivity contribution in [3.8, 4) is 12.0 Å². The molecule has 1 heterocycles. The molecule has 2 aromatic rings. The number of esters is 1. The molecular formula is C13H13N3O4S. The summed E-state index contributed by atoms with van der Waals surface area (Å²) in [5.74, 6) is -0.380. The van der Waals surface area contributed by atoms with Crippen molar-refractivity contribution in [1.82, 2.24) is 15.0 Å². The van der Waals surface area contributed by atoms with Crippen LogP contribution in [0.1, 0.15) is 10.4 Å². The summed E-state index contributed by atoms with van der Waals surface area (Å²) in [6.45, 7) is 0. The van der Waals surface area contributed by atoms with Crippen molar-refractivity contribution in [1.29, 1.82) is 0 Å². The molecule has 0 radical (unpaired) electrons. The van der Waals surface area contributed by atoms with Crippen LogP contribution in [0.4, 0.5) is 0 Å². The lowest BCUT2D eigenvalue weighted by Gasteiger charge is -2.05. The molecule has 0 unspecified atom stereocenters. The van der Waals surface area contributed by atoms with Crippen LogP contribution in [-0.2, 0) is 4.74 Å². The number of nitrogens with zero attached hydrogens (tertiary/aromatic N) is 3. The van der Waals surface area contributed by atoms with E-state index in [0.29, 0.717) is 10.7 Å². The number of aromatic nitrogens is 3. The Balaban J connectivity index is 2.19. The molecule has 0 aliphatic rings. The fraction of sp³-hybridized carbons (Fsp3) is 0.231. The first kappa shape index (κ1) is 15.0. The predicted molar refractivity (Wildman–Crippen MR) is 74.8 cm³/mol. The van der Waals surface area contributed by atoms with Gasteiger partial charge in [-0.3, -0.25) is 0 Å². The number of hydrogen-bond acceptors (Lipinski definition) is 8. The molecule has 0 bridgehead atoms. The van der Waals surface area contributed by atoms with Crippen molar-refractivity contribution in [2.24, 2.45) is 0 Å². The Morgan fingerprint density at radius 3 is 2.00 bits per heavy atom. The molecule has 2 rings (SSSR count). The Bertz CT molecular complexity index is 612. The summed E-state index contributed by atoms with van der Waals surface area (Å²) in [7, 11) is 4.27. The largest absolute Gasteiger partial charge is 0.467 e. The van der Waals surface area contributed by atoms with Gasteiger partial charge < -0.3 is 14.2 Å². The summed E-state index contributed by atoms with van der Waals surface area (Å²) in [6.07, 6.45) is 0. The normalized spacial score (nSPS) is 10.0. The van der Waals surface area contributed by atoms with Crippen LogP contribution in [0.25, 0.3) is 0 Å². The monoisotopic (exact) mass is 307 g/mol. The second-order valence-corrected chi connectivity index (χ2v) is 4.75. The Labute approximate surface area is 125 Å². The van der Waals surface area contributed by atoms with Crippen molar-refractivity contribution in [2.45, 2.75) is 10.1 Å². The highest BCUT2D eigenvalue weighted by molar-refractivity contribution is 7.99. The number of carbonyl (C=O) groups excluding carboxylic acids is 1. The third-order valence-corrected chi connectivity index (χ3v) is 3.30. The maximum atomic E-state index is 11.4. The number of ether oxygens (including phenoxy) is 3. The minimum absolute atomic E-state index is 0.176. The highest BCUT2D eigenvalue weighted by atomic mass is 32.2. The molecule has 0 aliphatic heterocycles. The van der Waals surface area contributed by atoms with E-state index in [2.05, 4.69) is 19.7 Å². The first-order valence-electron chi connectivity index (χ1n) is 5.86. The summed E-state index contributed by atoms with van der Waals surface area (Å²) in [5.41, 5.74) is 0.479. The molecule has 0 N–H and O–H groups in total. The predicted octanol–water partition coefficient (Wildman–Crippen LogP) is 1.83. The van der Waals surface area contributed by atoms with Crippen molar-refractivity contribution < 1.29 is 19.0 Å². The number of methoxy groups -OCH3 is 3. The van der Waals surface area contributed by atoms with Crippen LogP contribution in [0.2, 0.25) is 0 Å². The van der Waals surface area contributed by atoms with Gasteiger partial charge in [-0.15, -0.1) is 4.98 Å². The molecule has 7 nitrogen and oxygen atoms in total. The van der Waals surface area contributed by atoms with E-state index in [-0.39, 0.29) is 18.0 Å². The van der Waals surface area contributed by atoms with Crippen LogP contribution in [-0.4, -0.2) is 42.3 Å². The van der Waals surface area contributed by atoms with Gasteiger partial charge in [-0.25, -0.2) is 4.79 Å². The van der Waals surface area contributed by atoms with Gasteiger partial charge in [0.05, 0.1) is 26.9 Å². The van der Waals surface area contributed by atoms with E-state index >= 15 is 0 Å². The number of hydrogen-bond donors (Lipinski definition) is 0. The van der Waals surface area contributed by atoms with E-state index in [9.17, 15) is 4.79 Å². The number of benzene rings is 1. The molecule has 0 atom stereocenters. The van der Waals surface area contributed by atoms with Gasteiger partial charge in [0.15, 0.2) is 0 Å². The summed E-state index contributed by atoms with van der Waals surface area (Å²) in [4.78, 5) is 24.4. The lowest BCUT2D eigenvalue weighted by atomic mass is 10.2. The molecule has 0 spiro atoms. The van der Waals surface area contributed by atoms with E-state index in [1.54, 1.807) is 24.3 Å². The van der Waals surface area contributed by atoms with E-state index in [1.807, 2.05) is 0 Å². The first-order valence-corrected chi connectivity index (χ1v) is 6.68. The average molecular weight is 307 g/mol. The molecule has 1 aromatic heterocycles. The van der Waals surface area contributed by atoms with Gasteiger partial charge in [-0.05, 0) is 36.0 Å². The van der Waals surface area contributed by atoms with Gasteiger partial charge in [0.1, 0.15) is 0 Å². The van der Waals surface area contributed by atoms with Crippen molar-refractivity contribution >= 4 is 17.7 Å². The maximum absolute atomic E-state index is 11.4.